The third kappa shape index (κ3) is 3.86. The van der Waals surface area contributed by atoms with Crippen LogP contribution in [0.1, 0.15) is 47.5 Å². The molecule has 1 rings (SSSR count). The number of rotatable bonds is 4. The molecule has 1 heteroatoms. The smallest absolute Gasteiger partial charge is 0.0325 e. The van der Waals surface area contributed by atoms with Gasteiger partial charge in [0.2, 0.25) is 0 Å². The van der Waals surface area contributed by atoms with Gasteiger partial charge in [-0.1, -0.05) is 51.7 Å². The van der Waals surface area contributed by atoms with Crippen molar-refractivity contribution in [1.82, 2.24) is 4.90 Å². The molecule has 0 saturated heterocycles. The van der Waals surface area contributed by atoms with Gasteiger partial charge >= 0.3 is 0 Å². The van der Waals surface area contributed by atoms with Gasteiger partial charge in [-0.05, 0) is 43.3 Å². The Morgan fingerprint density at radius 1 is 1.16 bits per heavy atom. The fraction of sp³-hybridized carbons (Fsp3) is 0.556. The summed E-state index contributed by atoms with van der Waals surface area (Å²) < 4.78 is 0. The number of likely N-dealkylation sites (N-methyl/N-ethyl adjacent to an activating group) is 1. The maximum absolute atomic E-state index is 4.29. The van der Waals surface area contributed by atoms with Gasteiger partial charge in [0.25, 0.3) is 0 Å². The van der Waals surface area contributed by atoms with E-state index in [0.717, 1.165) is 18.5 Å². The van der Waals surface area contributed by atoms with E-state index >= 15 is 0 Å². The Morgan fingerprint density at radius 3 is 2.00 bits per heavy atom. The first-order valence-electron chi connectivity index (χ1n) is 7.12. The van der Waals surface area contributed by atoms with Crippen molar-refractivity contribution in [2.45, 2.75) is 53.5 Å². The van der Waals surface area contributed by atoms with Crippen molar-refractivity contribution >= 4 is 0 Å². The molecule has 0 amide bonds. The fourth-order valence-corrected chi connectivity index (χ4v) is 2.27. The molecule has 1 nitrogen and oxygen atoms in total. The lowest BCUT2D eigenvalue weighted by atomic mass is 9.86. The van der Waals surface area contributed by atoms with Gasteiger partial charge in [0.1, 0.15) is 0 Å². The zero-order chi connectivity index (χ0) is 14.8. The molecule has 0 bridgehead atoms. The lowest BCUT2D eigenvalue weighted by Crippen LogP contribution is -2.39. The Balaban J connectivity index is 2.83. The Morgan fingerprint density at radius 2 is 1.63 bits per heavy atom. The van der Waals surface area contributed by atoms with Crippen LogP contribution < -0.4 is 0 Å². The summed E-state index contributed by atoms with van der Waals surface area (Å²) >= 11 is 0. The Labute approximate surface area is 119 Å². The molecule has 0 heterocycles. The van der Waals surface area contributed by atoms with Crippen molar-refractivity contribution in [3.63, 3.8) is 0 Å². The molecule has 0 aromatic carbocycles. The monoisotopic (exact) mass is 259 g/mol. The second-order valence-corrected chi connectivity index (χ2v) is 6.76. The summed E-state index contributed by atoms with van der Waals surface area (Å²) in [6.45, 7) is 19.5. The molecule has 0 saturated carbocycles. The highest BCUT2D eigenvalue weighted by atomic mass is 15.1. The van der Waals surface area contributed by atoms with Crippen molar-refractivity contribution in [3.05, 3.63) is 47.7 Å². The molecule has 1 aliphatic rings. The zero-order valence-electron chi connectivity index (χ0n) is 13.5. The van der Waals surface area contributed by atoms with E-state index in [1.54, 1.807) is 0 Å². The van der Waals surface area contributed by atoms with E-state index in [2.05, 4.69) is 71.9 Å². The standard InChI is InChI=1S/C18H29N/c1-13(2)16-9-11-17(12-10-16)14(3)19(8)15(4)18(5,6)7/h9,11,15H,1,3,10,12H2,2,4-8H3. The van der Waals surface area contributed by atoms with Crippen LogP contribution in [-0.2, 0) is 0 Å². The number of hydrogen-bond donors (Lipinski definition) is 0. The average molecular weight is 259 g/mol. The van der Waals surface area contributed by atoms with Crippen LogP contribution in [0.4, 0.5) is 0 Å². The molecule has 0 radical (unpaired) electrons. The number of nitrogens with zero attached hydrogens (tertiary/aromatic N) is 1. The highest BCUT2D eigenvalue weighted by Gasteiger charge is 2.25. The van der Waals surface area contributed by atoms with Crippen molar-refractivity contribution in [3.8, 4) is 0 Å². The van der Waals surface area contributed by atoms with Crippen molar-refractivity contribution < 1.29 is 0 Å². The Hall–Kier alpha value is -1.24. The molecule has 0 aromatic heterocycles. The van der Waals surface area contributed by atoms with Gasteiger partial charge in [0, 0.05) is 18.8 Å². The van der Waals surface area contributed by atoms with Gasteiger partial charge < -0.3 is 4.90 Å². The fourth-order valence-electron chi connectivity index (χ4n) is 2.27. The quantitative estimate of drug-likeness (QED) is 0.680. The lowest BCUT2D eigenvalue weighted by molar-refractivity contribution is 0.178. The van der Waals surface area contributed by atoms with E-state index in [1.807, 2.05) is 0 Å². The van der Waals surface area contributed by atoms with Crippen LogP contribution in [0.3, 0.4) is 0 Å². The first kappa shape index (κ1) is 15.8. The minimum absolute atomic E-state index is 0.256. The van der Waals surface area contributed by atoms with Crippen LogP contribution in [-0.4, -0.2) is 18.0 Å². The van der Waals surface area contributed by atoms with Crippen molar-refractivity contribution in [2.75, 3.05) is 7.05 Å². The van der Waals surface area contributed by atoms with E-state index in [1.165, 1.54) is 16.7 Å². The van der Waals surface area contributed by atoms with E-state index in [9.17, 15) is 0 Å². The van der Waals surface area contributed by atoms with Crippen molar-refractivity contribution in [1.29, 1.82) is 0 Å². The van der Waals surface area contributed by atoms with E-state index < -0.39 is 0 Å². The van der Waals surface area contributed by atoms with Crippen LogP contribution >= 0.6 is 0 Å². The van der Waals surface area contributed by atoms with Crippen LogP contribution in [0.2, 0.25) is 0 Å². The number of hydrogen-bond acceptors (Lipinski definition) is 1. The van der Waals surface area contributed by atoms with Crippen LogP contribution in [0, 0.1) is 5.41 Å². The van der Waals surface area contributed by atoms with Gasteiger partial charge in [-0.15, -0.1) is 0 Å². The first-order valence-corrected chi connectivity index (χ1v) is 7.12. The Kier molecular flexibility index (Phi) is 4.84. The molecule has 0 N–H and O–H groups in total. The molecular formula is C18H29N. The van der Waals surface area contributed by atoms with Gasteiger partial charge in [-0.3, -0.25) is 0 Å². The van der Waals surface area contributed by atoms with Gasteiger partial charge in [0.05, 0.1) is 0 Å². The van der Waals surface area contributed by atoms with E-state index in [0.29, 0.717) is 6.04 Å². The molecule has 0 fully saturated rings. The molecule has 1 unspecified atom stereocenters. The summed E-state index contributed by atoms with van der Waals surface area (Å²) in [4.78, 5) is 2.31. The van der Waals surface area contributed by atoms with Crippen LogP contribution in [0.5, 0.6) is 0 Å². The highest BCUT2D eigenvalue weighted by Crippen LogP contribution is 2.31. The maximum atomic E-state index is 4.29. The molecule has 106 valence electrons. The first-order chi connectivity index (χ1) is 8.64. The molecular weight excluding hydrogens is 230 g/mol. The Bertz CT molecular complexity index is 429. The lowest BCUT2D eigenvalue weighted by Gasteiger charge is -2.38. The molecule has 19 heavy (non-hydrogen) atoms. The predicted molar refractivity (Wildman–Crippen MR) is 86.0 cm³/mol. The van der Waals surface area contributed by atoms with Crippen LogP contribution in [0.25, 0.3) is 0 Å². The SMILES string of the molecule is C=C(C)C1=CC=C(C(=C)N(C)C(C)C(C)(C)C)CC1. The largest absolute Gasteiger partial charge is 0.372 e. The predicted octanol–water partition coefficient (Wildman–Crippen LogP) is 5.09. The minimum atomic E-state index is 0.256. The van der Waals surface area contributed by atoms with Gasteiger partial charge in [0.15, 0.2) is 0 Å². The van der Waals surface area contributed by atoms with Gasteiger partial charge in [-0.2, -0.15) is 0 Å². The topological polar surface area (TPSA) is 3.24 Å². The third-order valence-corrected chi connectivity index (χ3v) is 4.33. The third-order valence-electron chi connectivity index (χ3n) is 4.33. The molecule has 0 spiro atoms. The van der Waals surface area contributed by atoms with E-state index in [-0.39, 0.29) is 5.41 Å². The maximum Gasteiger partial charge on any atom is 0.0325 e. The second kappa shape index (κ2) is 5.81. The summed E-state index contributed by atoms with van der Waals surface area (Å²) in [6.07, 6.45) is 6.56. The summed E-state index contributed by atoms with van der Waals surface area (Å²) in [5.41, 5.74) is 5.30. The second-order valence-electron chi connectivity index (χ2n) is 6.76. The molecule has 0 aliphatic heterocycles. The molecule has 0 aromatic rings. The highest BCUT2D eigenvalue weighted by molar-refractivity contribution is 5.41. The summed E-state index contributed by atoms with van der Waals surface area (Å²) in [7, 11) is 2.15. The summed E-state index contributed by atoms with van der Waals surface area (Å²) in [5, 5.41) is 0. The number of allylic oxidation sites excluding steroid dienone is 5. The minimum Gasteiger partial charge on any atom is -0.372 e. The average Bonchev–Trinajstić information content (AvgIpc) is 2.35. The normalized spacial score (nSPS) is 17.4. The molecule has 1 aliphatic carbocycles. The van der Waals surface area contributed by atoms with Crippen LogP contribution in [0.15, 0.2) is 47.7 Å². The van der Waals surface area contributed by atoms with Gasteiger partial charge in [-0.25, -0.2) is 0 Å². The zero-order valence-corrected chi connectivity index (χ0v) is 13.5. The van der Waals surface area contributed by atoms with E-state index in [4.69, 9.17) is 0 Å². The van der Waals surface area contributed by atoms with Crippen molar-refractivity contribution in [2.24, 2.45) is 5.41 Å². The molecule has 1 atom stereocenters. The summed E-state index contributed by atoms with van der Waals surface area (Å²) in [6, 6.07) is 0.465. The summed E-state index contributed by atoms with van der Waals surface area (Å²) in [5.74, 6) is 0.